The first-order valence-electron chi connectivity index (χ1n) is 17.3. The minimum absolute atomic E-state index is 0.113. The number of halogens is 1. The third-order valence-electron chi connectivity index (χ3n) is 8.35. The minimum atomic E-state index is -1.27. The van der Waals surface area contributed by atoms with Crippen LogP contribution in [0.5, 0.6) is 5.75 Å². The van der Waals surface area contributed by atoms with E-state index in [2.05, 4.69) is 80.4 Å². The zero-order valence-corrected chi connectivity index (χ0v) is 33.2. The first-order chi connectivity index (χ1) is 25.0. The smallest absolute Gasteiger partial charge is 0.271 e. The summed E-state index contributed by atoms with van der Waals surface area (Å²) in [6.45, 7) is 16.7. The second-order valence-electron chi connectivity index (χ2n) is 13.5. The Morgan fingerprint density at radius 1 is 1.06 bits per heavy atom. The fraction of sp³-hybridized carbons (Fsp3) is 0.528. The van der Waals surface area contributed by atoms with E-state index in [1.807, 2.05) is 12.1 Å². The van der Waals surface area contributed by atoms with Crippen LogP contribution >= 0.6 is 20.1 Å². The second kappa shape index (κ2) is 19.9. The molecule has 1 atom stereocenters. The second-order valence-corrected chi connectivity index (χ2v) is 15.3. The van der Waals surface area contributed by atoms with Crippen molar-refractivity contribution in [3.05, 3.63) is 57.1 Å². The van der Waals surface area contributed by atoms with Crippen LogP contribution in [0.15, 0.2) is 46.6 Å². The summed E-state index contributed by atoms with van der Waals surface area (Å²) in [5.74, 6) is -0.456. The number of benzene rings is 2. The lowest BCUT2D eigenvalue weighted by Crippen LogP contribution is -2.45. The maximum Gasteiger partial charge on any atom is 0.271 e. The summed E-state index contributed by atoms with van der Waals surface area (Å²) in [7, 11) is 0.324. The van der Waals surface area contributed by atoms with Crippen LogP contribution in [0, 0.1) is 21.4 Å². The van der Waals surface area contributed by atoms with Crippen LogP contribution in [0.2, 0.25) is 5.02 Å². The highest BCUT2D eigenvalue weighted by Gasteiger charge is 2.33. The van der Waals surface area contributed by atoms with Crippen LogP contribution < -0.4 is 9.64 Å². The molecular weight excluding hydrogens is 725 g/mol. The van der Waals surface area contributed by atoms with Gasteiger partial charge in [0.05, 0.1) is 48.3 Å². The molecule has 1 saturated heterocycles. The summed E-state index contributed by atoms with van der Waals surface area (Å²) in [5, 5.41) is 37.4. The average Bonchev–Trinajstić information content (AvgIpc) is 3.38. The number of carbonyl (C=O) groups excluding carboxylic acids is 2. The topological polar surface area (TPSA) is 183 Å². The van der Waals surface area contributed by atoms with E-state index in [-0.39, 0.29) is 46.2 Å². The van der Waals surface area contributed by atoms with E-state index < -0.39 is 25.3 Å². The molecule has 0 radical (unpaired) electrons. The van der Waals surface area contributed by atoms with Gasteiger partial charge < -0.3 is 18.7 Å². The van der Waals surface area contributed by atoms with Crippen LogP contribution in [0.1, 0.15) is 86.1 Å². The van der Waals surface area contributed by atoms with E-state index in [9.17, 15) is 19.7 Å². The Balaban J connectivity index is 0.000000832. The molecule has 288 valence electrons. The van der Waals surface area contributed by atoms with Gasteiger partial charge in [-0.2, -0.15) is 10.3 Å². The first kappa shape index (κ1) is 43.4. The maximum absolute atomic E-state index is 11.1. The lowest BCUT2D eigenvalue weighted by molar-refractivity contribution is -0.384. The number of hydrogen-bond donors (Lipinski definition) is 1. The van der Waals surface area contributed by atoms with E-state index in [0.717, 1.165) is 36.2 Å². The van der Waals surface area contributed by atoms with Gasteiger partial charge in [-0.3, -0.25) is 24.9 Å². The molecule has 2 aromatic carbocycles. The first-order valence-corrected chi connectivity index (χ1v) is 18.8. The number of nitriles is 1. The minimum Gasteiger partial charge on any atom is -0.494 e. The van der Waals surface area contributed by atoms with Crippen LogP contribution in [0.4, 0.5) is 22.7 Å². The van der Waals surface area contributed by atoms with Gasteiger partial charge in [0.1, 0.15) is 17.1 Å². The standard InChI is InChI=1S/C32H44ClN6O5P.C4H5NO3/c1-22(2)38(23(3)4)45(44-17-11-14-34)43-16-10-9-15-37-30-20-31(42-8)29(19-26(30)24(5)21-32(37,6)7)36-35-28-13-12-25(39(40)41)18-27(28)33;6-3-1-2-4(7)5(3)8/h12-13,18-23H,9-11,15-17H2,1-8H3;8H,1-2H2. The number of nitro groups is 1. The predicted molar refractivity (Wildman–Crippen MR) is 204 cm³/mol. The van der Waals surface area contributed by atoms with Gasteiger partial charge in [-0.1, -0.05) is 17.7 Å². The van der Waals surface area contributed by atoms with Crippen molar-refractivity contribution < 1.29 is 33.5 Å². The van der Waals surface area contributed by atoms with Gasteiger partial charge in [0.2, 0.25) is 0 Å². The average molecular weight is 774 g/mol. The quantitative estimate of drug-likeness (QED) is 0.0326. The summed E-state index contributed by atoms with van der Waals surface area (Å²) in [6, 6.07) is 10.7. The SMILES string of the molecule is COc1cc2c(cc1N=Nc1ccc([N+](=O)[O-])cc1Cl)C(C)=CC(C)(C)N2CCCCOP(OCCC#N)N(C(C)C)C(C)C.O=C1CCC(=O)N1O. The molecule has 17 heteroatoms. The fourth-order valence-corrected chi connectivity index (χ4v) is 7.77. The molecule has 2 aromatic rings. The van der Waals surface area contributed by atoms with Gasteiger partial charge in [0.15, 0.2) is 0 Å². The van der Waals surface area contributed by atoms with Crippen molar-refractivity contribution in [3.63, 3.8) is 0 Å². The number of fused-ring (bicyclic) bond motifs is 1. The number of hydrogen-bond acceptors (Lipinski definition) is 13. The number of unbranched alkanes of at least 4 members (excludes halogenated alkanes) is 1. The molecule has 0 aliphatic carbocycles. The van der Waals surface area contributed by atoms with Gasteiger partial charge >= 0.3 is 0 Å². The third-order valence-corrected chi connectivity index (χ3v) is 10.8. The van der Waals surface area contributed by atoms with E-state index in [0.29, 0.717) is 36.8 Å². The Bertz CT molecular complexity index is 1710. The number of azo groups is 1. The van der Waals surface area contributed by atoms with Crippen LogP contribution in [-0.4, -0.2) is 76.2 Å². The monoisotopic (exact) mass is 773 g/mol. The van der Waals surface area contributed by atoms with E-state index in [4.69, 9.17) is 35.9 Å². The zero-order chi connectivity index (χ0) is 39.5. The molecule has 15 nitrogen and oxygen atoms in total. The molecule has 1 unspecified atom stereocenters. The molecule has 53 heavy (non-hydrogen) atoms. The van der Waals surface area contributed by atoms with Crippen molar-refractivity contribution in [1.82, 2.24) is 9.73 Å². The highest BCUT2D eigenvalue weighted by molar-refractivity contribution is 7.44. The number of ether oxygens (including phenoxy) is 1. The third kappa shape index (κ3) is 11.7. The fourth-order valence-electron chi connectivity index (χ4n) is 5.93. The number of methoxy groups -OCH3 is 1. The van der Waals surface area contributed by atoms with E-state index >= 15 is 0 Å². The Kier molecular flexibility index (Phi) is 16.3. The summed E-state index contributed by atoms with van der Waals surface area (Å²) in [5.41, 5.74) is 3.67. The Hall–Kier alpha value is -4.03. The number of imide groups is 1. The molecule has 0 saturated carbocycles. The molecule has 1 fully saturated rings. The number of anilines is 1. The van der Waals surface area contributed by atoms with Gasteiger partial charge in [-0.15, -0.1) is 10.2 Å². The molecule has 4 rings (SSSR count). The number of nitro benzene ring substituents is 1. The normalized spacial score (nSPS) is 15.8. The summed E-state index contributed by atoms with van der Waals surface area (Å²) in [6.07, 6.45) is 4.61. The molecule has 2 aliphatic heterocycles. The Labute approximate surface area is 317 Å². The number of non-ortho nitro benzene ring substituents is 1. The number of hydroxylamine groups is 2. The van der Waals surface area contributed by atoms with Gasteiger partial charge in [-0.25, -0.2) is 4.67 Å². The van der Waals surface area contributed by atoms with Crippen LogP contribution in [-0.2, 0) is 18.6 Å². The van der Waals surface area contributed by atoms with Crippen molar-refractivity contribution in [2.45, 2.75) is 98.2 Å². The van der Waals surface area contributed by atoms with Crippen molar-refractivity contribution >= 4 is 60.3 Å². The largest absolute Gasteiger partial charge is 0.494 e. The molecule has 2 heterocycles. The summed E-state index contributed by atoms with van der Waals surface area (Å²) >= 11 is 6.23. The predicted octanol–water partition coefficient (Wildman–Crippen LogP) is 9.27. The van der Waals surface area contributed by atoms with Gasteiger partial charge in [-0.05, 0) is 79.0 Å². The zero-order valence-electron chi connectivity index (χ0n) is 31.5. The van der Waals surface area contributed by atoms with Gasteiger partial charge in [0.25, 0.3) is 26.0 Å². The maximum atomic E-state index is 11.1. The molecule has 2 amide bonds. The van der Waals surface area contributed by atoms with Crippen LogP contribution in [0.3, 0.4) is 0 Å². The lowest BCUT2D eigenvalue weighted by Gasteiger charge is -2.43. The number of rotatable bonds is 16. The van der Waals surface area contributed by atoms with Crippen molar-refractivity contribution in [2.75, 3.05) is 31.8 Å². The summed E-state index contributed by atoms with van der Waals surface area (Å²) in [4.78, 5) is 33.4. The molecule has 1 N–H and O–H groups in total. The lowest BCUT2D eigenvalue weighted by atomic mass is 9.88. The number of allylic oxidation sites excluding steroid dienone is 1. The number of carbonyl (C=O) groups is 2. The Morgan fingerprint density at radius 3 is 2.21 bits per heavy atom. The van der Waals surface area contributed by atoms with Crippen molar-refractivity contribution in [1.29, 1.82) is 5.26 Å². The molecule has 2 aliphatic rings. The number of amides is 2. The molecule has 0 bridgehead atoms. The highest BCUT2D eigenvalue weighted by atomic mass is 35.5. The van der Waals surface area contributed by atoms with Crippen LogP contribution in [0.25, 0.3) is 5.57 Å². The highest BCUT2D eigenvalue weighted by Crippen LogP contribution is 2.47. The molecular formula is C36H49ClN7O8P. The van der Waals surface area contributed by atoms with E-state index in [1.165, 1.54) is 18.2 Å². The van der Waals surface area contributed by atoms with Gasteiger partial charge in [0, 0.05) is 60.9 Å². The number of nitrogens with zero attached hydrogens (tertiary/aromatic N) is 7. The Morgan fingerprint density at radius 2 is 1.68 bits per heavy atom. The van der Waals surface area contributed by atoms with Crippen molar-refractivity contribution in [2.24, 2.45) is 10.2 Å². The molecule has 0 spiro atoms. The van der Waals surface area contributed by atoms with E-state index in [1.54, 1.807) is 7.11 Å². The summed E-state index contributed by atoms with van der Waals surface area (Å²) < 4.78 is 20.3. The van der Waals surface area contributed by atoms with Crippen molar-refractivity contribution in [3.8, 4) is 11.8 Å². The molecule has 0 aromatic heterocycles.